The Morgan fingerprint density at radius 1 is 1.00 bits per heavy atom. The quantitative estimate of drug-likeness (QED) is 0.552. The Morgan fingerprint density at radius 3 is 2.36 bits per heavy atom. The van der Waals surface area contributed by atoms with Crippen molar-refractivity contribution in [1.82, 2.24) is 19.6 Å². The smallest absolute Gasteiger partial charge is 0.254 e. The standard InChI is InChI=1S/C22H23N5O/c1-15-13-19(27-21(25-15)23-14-24-27)26-20(22(2,3)28)18-11-9-17(10-12-18)16-7-5-4-6-8-16/h4-14,20,26,28H,1-3H3/t20-/m1/s1. The van der Waals surface area contributed by atoms with Gasteiger partial charge in [0.2, 0.25) is 0 Å². The summed E-state index contributed by atoms with van der Waals surface area (Å²) in [6.45, 7) is 5.50. The van der Waals surface area contributed by atoms with Crippen molar-refractivity contribution < 1.29 is 5.11 Å². The van der Waals surface area contributed by atoms with Gasteiger partial charge in [0.25, 0.3) is 5.78 Å². The molecule has 6 heteroatoms. The number of aromatic nitrogens is 4. The molecule has 0 saturated carbocycles. The minimum atomic E-state index is -1.00. The van der Waals surface area contributed by atoms with Crippen LogP contribution in [0.4, 0.5) is 5.82 Å². The lowest BCUT2D eigenvalue weighted by Crippen LogP contribution is -2.35. The first-order valence-corrected chi connectivity index (χ1v) is 9.23. The van der Waals surface area contributed by atoms with E-state index in [9.17, 15) is 5.11 Å². The molecule has 2 N–H and O–H groups in total. The van der Waals surface area contributed by atoms with Crippen molar-refractivity contribution in [2.45, 2.75) is 32.4 Å². The van der Waals surface area contributed by atoms with Crippen molar-refractivity contribution in [2.24, 2.45) is 0 Å². The van der Waals surface area contributed by atoms with Crippen LogP contribution in [0, 0.1) is 6.92 Å². The van der Waals surface area contributed by atoms with Gasteiger partial charge >= 0.3 is 0 Å². The van der Waals surface area contributed by atoms with Crippen molar-refractivity contribution in [2.75, 3.05) is 5.32 Å². The van der Waals surface area contributed by atoms with Gasteiger partial charge in [-0.15, -0.1) is 0 Å². The van der Waals surface area contributed by atoms with Gasteiger partial charge in [-0.3, -0.25) is 0 Å². The molecule has 4 rings (SSSR count). The van der Waals surface area contributed by atoms with Gasteiger partial charge in [0.05, 0.1) is 11.6 Å². The number of benzene rings is 2. The van der Waals surface area contributed by atoms with Crippen LogP contribution in [0.2, 0.25) is 0 Å². The highest BCUT2D eigenvalue weighted by molar-refractivity contribution is 5.63. The molecular formula is C22H23N5O. The van der Waals surface area contributed by atoms with E-state index in [1.54, 1.807) is 18.4 Å². The molecule has 6 nitrogen and oxygen atoms in total. The molecule has 0 amide bonds. The summed E-state index contributed by atoms with van der Waals surface area (Å²) in [6, 6.07) is 20.0. The lowest BCUT2D eigenvalue weighted by atomic mass is 9.90. The van der Waals surface area contributed by atoms with Gasteiger partial charge in [-0.2, -0.15) is 14.6 Å². The van der Waals surface area contributed by atoms with Gasteiger partial charge in [-0.1, -0.05) is 54.6 Å². The number of aliphatic hydroxyl groups is 1. The number of nitrogens with one attached hydrogen (secondary N) is 1. The number of hydrogen-bond donors (Lipinski definition) is 2. The van der Waals surface area contributed by atoms with Crippen molar-refractivity contribution >= 4 is 11.6 Å². The fourth-order valence-electron chi connectivity index (χ4n) is 3.35. The molecule has 2 aromatic carbocycles. The fraction of sp³-hybridized carbons (Fsp3) is 0.227. The molecule has 0 unspecified atom stereocenters. The molecule has 0 radical (unpaired) electrons. The maximum Gasteiger partial charge on any atom is 0.254 e. The van der Waals surface area contributed by atoms with E-state index in [0.29, 0.717) is 5.78 Å². The van der Waals surface area contributed by atoms with Crippen LogP contribution >= 0.6 is 0 Å². The highest BCUT2D eigenvalue weighted by atomic mass is 16.3. The molecule has 0 bridgehead atoms. The molecule has 0 aliphatic carbocycles. The van der Waals surface area contributed by atoms with E-state index in [1.165, 1.54) is 6.33 Å². The second-order valence-electron chi connectivity index (χ2n) is 7.47. The Labute approximate surface area is 163 Å². The topological polar surface area (TPSA) is 75.3 Å². The Kier molecular flexibility index (Phi) is 4.57. The van der Waals surface area contributed by atoms with E-state index in [2.05, 4.69) is 44.6 Å². The molecule has 0 saturated heterocycles. The van der Waals surface area contributed by atoms with E-state index in [0.717, 1.165) is 28.2 Å². The molecule has 2 heterocycles. The molecule has 1 atom stereocenters. The van der Waals surface area contributed by atoms with Gasteiger partial charge in [0, 0.05) is 11.8 Å². The van der Waals surface area contributed by atoms with Crippen LogP contribution in [0.3, 0.4) is 0 Å². The fourth-order valence-corrected chi connectivity index (χ4v) is 3.35. The summed E-state index contributed by atoms with van der Waals surface area (Å²) < 4.78 is 1.64. The largest absolute Gasteiger partial charge is 0.388 e. The van der Waals surface area contributed by atoms with E-state index in [-0.39, 0.29) is 6.04 Å². The number of rotatable bonds is 5. The molecule has 142 valence electrons. The summed E-state index contributed by atoms with van der Waals surface area (Å²) in [5, 5.41) is 18.5. The Balaban J connectivity index is 1.70. The monoisotopic (exact) mass is 373 g/mol. The highest BCUT2D eigenvalue weighted by Gasteiger charge is 2.29. The second-order valence-corrected chi connectivity index (χ2v) is 7.47. The minimum absolute atomic E-state index is 0.341. The molecule has 2 aromatic heterocycles. The first kappa shape index (κ1) is 18.1. The predicted octanol–water partition coefficient (Wildman–Crippen LogP) is 4.02. The SMILES string of the molecule is Cc1cc(N[C@H](c2ccc(-c3ccccc3)cc2)C(C)(C)O)n2ncnc2n1. The maximum atomic E-state index is 10.8. The molecule has 28 heavy (non-hydrogen) atoms. The van der Waals surface area contributed by atoms with Crippen molar-refractivity contribution in [3.8, 4) is 11.1 Å². The maximum absolute atomic E-state index is 10.8. The van der Waals surface area contributed by atoms with Crippen LogP contribution in [0.5, 0.6) is 0 Å². The molecule has 0 aliphatic heterocycles. The molecular weight excluding hydrogens is 350 g/mol. The van der Waals surface area contributed by atoms with E-state index in [4.69, 9.17) is 0 Å². The number of hydrogen-bond acceptors (Lipinski definition) is 5. The third-order valence-electron chi connectivity index (χ3n) is 4.73. The van der Waals surface area contributed by atoms with Crippen LogP contribution in [-0.4, -0.2) is 30.3 Å². The summed E-state index contributed by atoms with van der Waals surface area (Å²) in [4.78, 5) is 8.54. The third-order valence-corrected chi connectivity index (χ3v) is 4.73. The number of nitrogens with zero attached hydrogens (tertiary/aromatic N) is 4. The summed E-state index contributed by atoms with van der Waals surface area (Å²) >= 11 is 0. The van der Waals surface area contributed by atoms with Gasteiger partial charge in [-0.05, 0) is 37.5 Å². The van der Waals surface area contributed by atoms with Crippen LogP contribution < -0.4 is 5.32 Å². The zero-order valence-electron chi connectivity index (χ0n) is 16.2. The van der Waals surface area contributed by atoms with Crippen molar-refractivity contribution in [3.63, 3.8) is 0 Å². The zero-order valence-corrected chi connectivity index (χ0v) is 16.2. The van der Waals surface area contributed by atoms with Gasteiger partial charge in [0.15, 0.2) is 0 Å². The number of anilines is 1. The van der Waals surface area contributed by atoms with Crippen molar-refractivity contribution in [1.29, 1.82) is 0 Å². The zero-order chi connectivity index (χ0) is 19.7. The summed E-state index contributed by atoms with van der Waals surface area (Å²) in [5.41, 5.74) is 3.11. The normalized spacial score (nSPS) is 12.9. The van der Waals surface area contributed by atoms with Crippen LogP contribution in [0.1, 0.15) is 31.1 Å². The molecule has 0 aliphatic rings. The average Bonchev–Trinajstić information content (AvgIpc) is 3.14. The first-order valence-electron chi connectivity index (χ1n) is 9.23. The first-order chi connectivity index (χ1) is 13.4. The summed E-state index contributed by atoms with van der Waals surface area (Å²) in [7, 11) is 0. The Morgan fingerprint density at radius 2 is 1.68 bits per heavy atom. The predicted molar refractivity (Wildman–Crippen MR) is 110 cm³/mol. The van der Waals surface area contributed by atoms with Gasteiger partial charge < -0.3 is 10.4 Å². The van der Waals surface area contributed by atoms with E-state index in [1.807, 2.05) is 43.3 Å². The summed E-state index contributed by atoms with van der Waals surface area (Å²) in [5.74, 6) is 1.26. The van der Waals surface area contributed by atoms with E-state index >= 15 is 0 Å². The van der Waals surface area contributed by atoms with Gasteiger partial charge in [0.1, 0.15) is 12.1 Å². The second kappa shape index (κ2) is 7.05. The Bertz CT molecular complexity index is 1080. The van der Waals surface area contributed by atoms with Crippen molar-refractivity contribution in [3.05, 3.63) is 78.2 Å². The minimum Gasteiger partial charge on any atom is -0.388 e. The number of fused-ring (bicyclic) bond motifs is 1. The lowest BCUT2D eigenvalue weighted by Gasteiger charge is -2.31. The van der Waals surface area contributed by atoms with Gasteiger partial charge in [-0.25, -0.2) is 4.98 Å². The molecule has 0 spiro atoms. The third kappa shape index (κ3) is 3.59. The molecule has 0 fully saturated rings. The highest BCUT2D eigenvalue weighted by Crippen LogP contribution is 2.31. The van der Waals surface area contributed by atoms with E-state index < -0.39 is 5.60 Å². The lowest BCUT2D eigenvalue weighted by molar-refractivity contribution is 0.0587. The molecule has 4 aromatic rings. The van der Waals surface area contributed by atoms with Crippen LogP contribution in [-0.2, 0) is 0 Å². The Hall–Kier alpha value is -3.25. The van der Waals surface area contributed by atoms with Crippen LogP contribution in [0.25, 0.3) is 16.9 Å². The van der Waals surface area contributed by atoms with Crippen LogP contribution in [0.15, 0.2) is 67.0 Å². The average molecular weight is 373 g/mol. The summed E-state index contributed by atoms with van der Waals surface area (Å²) in [6.07, 6.45) is 1.47. The number of aryl methyl sites for hydroxylation is 1.